The Morgan fingerprint density at radius 3 is 1.63 bits per heavy atom. The Hall–Kier alpha value is -1.92. The number of rotatable bonds is 21. The van der Waals surface area contributed by atoms with Crippen molar-refractivity contribution in [3.8, 4) is 0 Å². The number of benzene rings is 1. The molecule has 1 saturated heterocycles. The maximum absolute atomic E-state index is 11.8. The lowest BCUT2D eigenvalue weighted by molar-refractivity contribution is -0.139. The fourth-order valence-electron chi connectivity index (χ4n) is 3.18. The minimum absolute atomic E-state index is 0.0116. The van der Waals surface area contributed by atoms with Crippen LogP contribution in [0.25, 0.3) is 0 Å². The monoisotopic (exact) mass is 497 g/mol. The molecule has 0 atom stereocenters. The van der Waals surface area contributed by atoms with Gasteiger partial charge in [-0.3, -0.25) is 4.79 Å². The van der Waals surface area contributed by atoms with Crippen molar-refractivity contribution in [3.05, 3.63) is 35.9 Å². The fraction of sp³-hybridized carbons (Fsp3) is 0.680. The van der Waals surface area contributed by atoms with Gasteiger partial charge < -0.3 is 38.5 Å². The van der Waals surface area contributed by atoms with E-state index in [9.17, 15) is 9.59 Å². The van der Waals surface area contributed by atoms with E-state index in [0.717, 1.165) is 25.9 Å². The summed E-state index contributed by atoms with van der Waals surface area (Å²) in [5.74, 6) is -1.55. The van der Waals surface area contributed by atoms with Gasteiger partial charge in [-0.2, -0.15) is 0 Å². The first-order valence-corrected chi connectivity index (χ1v) is 12.2. The minimum Gasteiger partial charge on any atom is -0.457 e. The summed E-state index contributed by atoms with van der Waals surface area (Å²) in [5, 5.41) is 3.31. The van der Waals surface area contributed by atoms with Crippen LogP contribution in [-0.4, -0.2) is 110 Å². The Kier molecular flexibility index (Phi) is 17.0. The predicted octanol–water partition coefficient (Wildman–Crippen LogP) is 1.26. The molecule has 198 valence electrons. The number of esters is 1. The van der Waals surface area contributed by atoms with Crippen molar-refractivity contribution in [2.45, 2.75) is 18.9 Å². The number of Topliss-reactive ketones (excluding diaryl/α,β-unsaturated/α-hetero) is 1. The average Bonchev–Trinajstić information content (AvgIpc) is 2.90. The highest BCUT2D eigenvalue weighted by Crippen LogP contribution is 2.06. The number of ether oxygens (including phenoxy) is 7. The third-order valence-electron chi connectivity index (χ3n) is 5.04. The number of hydrogen-bond acceptors (Lipinski definition) is 10. The van der Waals surface area contributed by atoms with E-state index in [1.807, 2.05) is 0 Å². The van der Waals surface area contributed by atoms with E-state index in [-0.39, 0.29) is 13.2 Å². The van der Waals surface area contributed by atoms with Crippen LogP contribution in [0.1, 0.15) is 23.2 Å². The van der Waals surface area contributed by atoms with E-state index in [0.29, 0.717) is 77.7 Å². The Morgan fingerprint density at radius 2 is 1.11 bits per heavy atom. The number of carbonyl (C=O) groups is 2. The van der Waals surface area contributed by atoms with Gasteiger partial charge in [0.1, 0.15) is 6.61 Å². The Morgan fingerprint density at radius 1 is 0.657 bits per heavy atom. The maximum Gasteiger partial charge on any atom is 0.379 e. The maximum atomic E-state index is 11.8. The topological polar surface area (TPSA) is 111 Å². The van der Waals surface area contributed by atoms with Crippen LogP contribution in [-0.2, 0) is 38.0 Å². The van der Waals surface area contributed by atoms with Crippen molar-refractivity contribution >= 4 is 11.8 Å². The van der Waals surface area contributed by atoms with Crippen molar-refractivity contribution in [2.24, 2.45) is 0 Å². The van der Waals surface area contributed by atoms with Crippen LogP contribution in [0.4, 0.5) is 0 Å². The van der Waals surface area contributed by atoms with Crippen molar-refractivity contribution in [2.75, 3.05) is 92.4 Å². The summed E-state index contributed by atoms with van der Waals surface area (Å²) < 4.78 is 37.8. The molecule has 10 heteroatoms. The van der Waals surface area contributed by atoms with E-state index >= 15 is 0 Å². The molecule has 0 aliphatic carbocycles. The summed E-state index contributed by atoms with van der Waals surface area (Å²) in [6.07, 6.45) is 2.50. The Bertz CT molecular complexity index is 668. The molecule has 35 heavy (non-hydrogen) atoms. The molecule has 0 bridgehead atoms. The van der Waals surface area contributed by atoms with Crippen LogP contribution in [0.3, 0.4) is 0 Å². The lowest BCUT2D eigenvalue weighted by atomic mass is 10.1. The Labute approximate surface area is 207 Å². The molecule has 0 saturated carbocycles. The van der Waals surface area contributed by atoms with Gasteiger partial charge in [0.2, 0.25) is 0 Å². The van der Waals surface area contributed by atoms with Crippen molar-refractivity contribution in [1.82, 2.24) is 5.32 Å². The molecular formula is C25H39NO9. The molecule has 1 aromatic carbocycles. The average molecular weight is 498 g/mol. The van der Waals surface area contributed by atoms with E-state index in [1.54, 1.807) is 30.3 Å². The zero-order valence-corrected chi connectivity index (χ0v) is 20.5. The zero-order chi connectivity index (χ0) is 24.8. The highest BCUT2D eigenvalue weighted by Gasteiger charge is 2.17. The highest BCUT2D eigenvalue weighted by atomic mass is 16.6. The smallest absolute Gasteiger partial charge is 0.379 e. The van der Waals surface area contributed by atoms with E-state index in [1.165, 1.54) is 0 Å². The molecule has 1 heterocycles. The lowest BCUT2D eigenvalue weighted by Gasteiger charge is -2.22. The van der Waals surface area contributed by atoms with Gasteiger partial charge in [0.15, 0.2) is 0 Å². The normalized spacial score (nSPS) is 14.2. The quantitative estimate of drug-likeness (QED) is 0.115. The van der Waals surface area contributed by atoms with Gasteiger partial charge >= 0.3 is 5.97 Å². The third kappa shape index (κ3) is 14.9. The number of piperidine rings is 1. The summed E-state index contributed by atoms with van der Waals surface area (Å²) >= 11 is 0. The van der Waals surface area contributed by atoms with Gasteiger partial charge in [-0.25, -0.2) is 4.79 Å². The van der Waals surface area contributed by atoms with Crippen LogP contribution in [0.5, 0.6) is 0 Å². The first kappa shape index (κ1) is 29.3. The SMILES string of the molecule is O=C(OCCOCCOCCOCCOCCOCCOC1CCNCC1)C(=O)c1ccccc1. The van der Waals surface area contributed by atoms with E-state index in [4.69, 9.17) is 33.2 Å². The molecule has 1 N–H and O–H groups in total. The van der Waals surface area contributed by atoms with E-state index in [2.05, 4.69) is 5.32 Å². The Balaban J connectivity index is 1.24. The summed E-state index contributed by atoms with van der Waals surface area (Å²) in [5.41, 5.74) is 0.304. The van der Waals surface area contributed by atoms with Crippen LogP contribution < -0.4 is 5.32 Å². The predicted molar refractivity (Wildman–Crippen MR) is 128 cm³/mol. The number of hydrogen-bond donors (Lipinski definition) is 1. The largest absolute Gasteiger partial charge is 0.457 e. The van der Waals surface area contributed by atoms with Gasteiger partial charge in [-0.15, -0.1) is 0 Å². The van der Waals surface area contributed by atoms with Crippen LogP contribution >= 0.6 is 0 Å². The fourth-order valence-corrected chi connectivity index (χ4v) is 3.18. The molecule has 2 rings (SSSR count). The zero-order valence-electron chi connectivity index (χ0n) is 20.5. The highest BCUT2D eigenvalue weighted by molar-refractivity contribution is 6.40. The van der Waals surface area contributed by atoms with Crippen molar-refractivity contribution in [1.29, 1.82) is 0 Å². The summed E-state index contributed by atoms with van der Waals surface area (Å²) in [4.78, 5) is 23.5. The first-order valence-electron chi connectivity index (χ1n) is 12.2. The molecule has 0 amide bonds. The minimum atomic E-state index is -0.887. The van der Waals surface area contributed by atoms with Crippen molar-refractivity contribution < 1.29 is 42.7 Å². The summed E-state index contributed by atoms with van der Waals surface area (Å²) in [7, 11) is 0. The molecular weight excluding hydrogens is 458 g/mol. The number of carbonyl (C=O) groups excluding carboxylic acids is 2. The van der Waals surface area contributed by atoms with E-state index < -0.39 is 11.8 Å². The molecule has 10 nitrogen and oxygen atoms in total. The molecule has 0 radical (unpaired) electrons. The second-order valence-electron chi connectivity index (χ2n) is 7.71. The number of nitrogens with one attached hydrogen (secondary N) is 1. The molecule has 1 aromatic rings. The molecule has 0 unspecified atom stereocenters. The van der Waals surface area contributed by atoms with Crippen molar-refractivity contribution in [3.63, 3.8) is 0 Å². The lowest BCUT2D eigenvalue weighted by Crippen LogP contribution is -2.33. The molecule has 0 aromatic heterocycles. The molecule has 0 spiro atoms. The van der Waals surface area contributed by atoms with Crippen LogP contribution in [0, 0.1) is 0 Å². The van der Waals surface area contributed by atoms with Gasteiger partial charge in [-0.05, 0) is 25.9 Å². The van der Waals surface area contributed by atoms with Gasteiger partial charge in [0.05, 0.1) is 78.8 Å². The second kappa shape index (κ2) is 20.3. The summed E-state index contributed by atoms with van der Waals surface area (Å²) in [6, 6.07) is 8.28. The molecule has 1 aliphatic heterocycles. The van der Waals surface area contributed by atoms with Gasteiger partial charge in [0.25, 0.3) is 5.78 Å². The molecule has 1 fully saturated rings. The van der Waals surface area contributed by atoms with Gasteiger partial charge in [0, 0.05) is 5.56 Å². The van der Waals surface area contributed by atoms with Crippen LogP contribution in [0.15, 0.2) is 30.3 Å². The van der Waals surface area contributed by atoms with Gasteiger partial charge in [-0.1, -0.05) is 30.3 Å². The standard InChI is InChI=1S/C25H39NO9/c27-24(22-4-2-1-3-5-22)25(28)35-21-19-33-17-15-31-13-11-29-10-12-30-14-16-32-18-20-34-23-6-8-26-9-7-23/h1-5,23,26H,6-21H2. The van der Waals surface area contributed by atoms with Crippen LogP contribution in [0.2, 0.25) is 0 Å². The first-order chi connectivity index (χ1) is 17.3. The third-order valence-corrected chi connectivity index (χ3v) is 5.04. The number of ketones is 1. The molecule has 1 aliphatic rings. The summed E-state index contributed by atoms with van der Waals surface area (Å²) in [6.45, 7) is 7.22. The second-order valence-corrected chi connectivity index (χ2v) is 7.71.